The summed E-state index contributed by atoms with van der Waals surface area (Å²) < 4.78 is 7.37. The van der Waals surface area contributed by atoms with Gasteiger partial charge in [-0.1, -0.05) is 0 Å². The van der Waals surface area contributed by atoms with Crippen LogP contribution in [0.1, 0.15) is 24.5 Å². The lowest BCUT2D eigenvalue weighted by atomic mass is 10.2. The van der Waals surface area contributed by atoms with Gasteiger partial charge in [0.05, 0.1) is 18.5 Å². The fourth-order valence-corrected chi connectivity index (χ4v) is 3.57. The zero-order chi connectivity index (χ0) is 17.5. The molecule has 5 rings (SSSR count). The molecule has 3 aromatic heterocycles. The molecule has 0 amide bonds. The second-order valence-corrected chi connectivity index (χ2v) is 6.99. The number of hydrogen-bond acceptors (Lipinski definition) is 6. The second-order valence-electron chi connectivity index (χ2n) is 6.99. The lowest BCUT2D eigenvalue weighted by Gasteiger charge is -2.36. The van der Waals surface area contributed by atoms with Crippen LogP contribution in [0.25, 0.3) is 5.65 Å². The van der Waals surface area contributed by atoms with Gasteiger partial charge in [-0.15, -0.1) is 0 Å². The molecule has 1 saturated heterocycles. The zero-order valence-corrected chi connectivity index (χ0v) is 14.9. The van der Waals surface area contributed by atoms with Gasteiger partial charge in [0.15, 0.2) is 0 Å². The van der Waals surface area contributed by atoms with Gasteiger partial charge in [-0.25, -0.2) is 15.0 Å². The summed E-state index contributed by atoms with van der Waals surface area (Å²) in [6.07, 6.45) is 8.53. The maximum Gasteiger partial charge on any atom is 0.218 e. The summed E-state index contributed by atoms with van der Waals surface area (Å²) in [5.74, 6) is 2.22. The van der Waals surface area contributed by atoms with Crippen molar-refractivity contribution in [2.24, 2.45) is 0 Å². The highest BCUT2D eigenvalue weighted by Gasteiger charge is 2.26. The van der Waals surface area contributed by atoms with Crippen molar-refractivity contribution in [1.29, 1.82) is 0 Å². The van der Waals surface area contributed by atoms with E-state index in [0.717, 1.165) is 37.6 Å². The van der Waals surface area contributed by atoms with Gasteiger partial charge in [-0.3, -0.25) is 0 Å². The lowest BCUT2D eigenvalue weighted by molar-refractivity contribution is 0.396. The highest BCUT2D eigenvalue weighted by molar-refractivity contribution is 5.54. The van der Waals surface area contributed by atoms with E-state index < -0.39 is 0 Å². The minimum absolute atomic E-state index is 0.606. The Bertz CT molecular complexity index is 927. The molecule has 1 aliphatic heterocycles. The first kappa shape index (κ1) is 15.4. The van der Waals surface area contributed by atoms with Crippen molar-refractivity contribution < 1.29 is 4.74 Å². The molecule has 7 heteroatoms. The van der Waals surface area contributed by atoms with E-state index in [2.05, 4.69) is 48.7 Å². The Morgan fingerprint density at radius 2 is 1.81 bits per heavy atom. The van der Waals surface area contributed by atoms with E-state index in [-0.39, 0.29) is 0 Å². The molecule has 1 saturated carbocycles. The number of methoxy groups -OCH3 is 1. The monoisotopic (exact) mass is 350 g/mol. The first-order valence-corrected chi connectivity index (χ1v) is 9.15. The van der Waals surface area contributed by atoms with E-state index in [1.165, 1.54) is 24.2 Å². The van der Waals surface area contributed by atoms with Gasteiger partial charge in [0.25, 0.3) is 0 Å². The average molecular weight is 350 g/mol. The van der Waals surface area contributed by atoms with Crippen molar-refractivity contribution in [3.63, 3.8) is 0 Å². The predicted molar refractivity (Wildman–Crippen MR) is 100 cm³/mol. The number of aromatic nitrogens is 4. The van der Waals surface area contributed by atoms with Crippen LogP contribution < -0.4 is 14.5 Å². The van der Waals surface area contributed by atoms with Crippen LogP contribution in [0.5, 0.6) is 5.88 Å². The molecule has 4 heterocycles. The van der Waals surface area contributed by atoms with Crippen LogP contribution in [-0.4, -0.2) is 52.6 Å². The summed E-state index contributed by atoms with van der Waals surface area (Å²) in [5.41, 5.74) is 3.53. The molecule has 0 spiro atoms. The van der Waals surface area contributed by atoms with Crippen molar-refractivity contribution >= 4 is 17.2 Å². The van der Waals surface area contributed by atoms with E-state index in [1.54, 1.807) is 13.4 Å². The van der Waals surface area contributed by atoms with Gasteiger partial charge in [0.2, 0.25) is 5.88 Å². The van der Waals surface area contributed by atoms with Crippen LogP contribution >= 0.6 is 0 Å². The molecule has 0 aromatic carbocycles. The highest BCUT2D eigenvalue weighted by Crippen LogP contribution is 2.39. The van der Waals surface area contributed by atoms with Crippen LogP contribution in [-0.2, 0) is 0 Å². The third-order valence-corrected chi connectivity index (χ3v) is 5.26. The second kappa shape index (κ2) is 6.16. The summed E-state index contributed by atoms with van der Waals surface area (Å²) in [4.78, 5) is 17.9. The average Bonchev–Trinajstić information content (AvgIpc) is 3.47. The number of hydrogen-bond donors (Lipinski definition) is 0. The SMILES string of the molecule is COc1cc(N2CCN(c3ccc4nc(C5CC5)cn4c3)CC2)ncn1. The minimum Gasteiger partial charge on any atom is -0.481 e. The first-order chi connectivity index (χ1) is 12.8. The Labute approximate surface area is 152 Å². The summed E-state index contributed by atoms with van der Waals surface area (Å²) >= 11 is 0. The summed E-state index contributed by atoms with van der Waals surface area (Å²) in [5, 5.41) is 0. The molecule has 2 aliphatic rings. The molecule has 1 aliphatic carbocycles. The maximum absolute atomic E-state index is 5.20. The number of ether oxygens (including phenoxy) is 1. The number of pyridine rings is 1. The third kappa shape index (κ3) is 2.83. The number of fused-ring (bicyclic) bond motifs is 1. The molecular formula is C19H22N6O. The Balaban J connectivity index is 1.30. The van der Waals surface area contributed by atoms with Crippen LogP contribution in [0.15, 0.2) is 36.9 Å². The topological polar surface area (TPSA) is 58.8 Å². The lowest BCUT2D eigenvalue weighted by Crippen LogP contribution is -2.46. The number of imidazole rings is 1. The van der Waals surface area contributed by atoms with E-state index in [0.29, 0.717) is 11.8 Å². The predicted octanol–water partition coefficient (Wildman–Crippen LogP) is 2.34. The summed E-state index contributed by atoms with van der Waals surface area (Å²) in [6.45, 7) is 3.77. The molecule has 0 bridgehead atoms. The Hall–Kier alpha value is -2.83. The molecule has 7 nitrogen and oxygen atoms in total. The van der Waals surface area contributed by atoms with Gasteiger partial charge in [0.1, 0.15) is 17.8 Å². The molecule has 0 unspecified atom stereocenters. The van der Waals surface area contributed by atoms with Gasteiger partial charge in [-0.05, 0) is 25.0 Å². The zero-order valence-electron chi connectivity index (χ0n) is 14.9. The number of rotatable bonds is 4. The molecule has 0 radical (unpaired) electrons. The summed E-state index contributed by atoms with van der Waals surface area (Å²) in [6, 6.07) is 6.21. The molecule has 26 heavy (non-hydrogen) atoms. The van der Waals surface area contributed by atoms with Gasteiger partial charge >= 0.3 is 0 Å². The van der Waals surface area contributed by atoms with Crippen molar-refractivity contribution in [1.82, 2.24) is 19.4 Å². The van der Waals surface area contributed by atoms with Gasteiger partial charge in [0, 0.05) is 50.6 Å². The third-order valence-electron chi connectivity index (χ3n) is 5.26. The molecule has 134 valence electrons. The summed E-state index contributed by atoms with van der Waals surface area (Å²) in [7, 11) is 1.63. The highest BCUT2D eigenvalue weighted by atomic mass is 16.5. The van der Waals surface area contributed by atoms with Crippen molar-refractivity contribution in [3.05, 3.63) is 42.6 Å². The van der Waals surface area contributed by atoms with E-state index in [4.69, 9.17) is 9.72 Å². The molecular weight excluding hydrogens is 328 g/mol. The van der Waals surface area contributed by atoms with Crippen LogP contribution in [0.2, 0.25) is 0 Å². The standard InChI is InChI=1S/C19H22N6O/c1-26-19-10-18(20-13-21-19)24-8-6-23(7-9-24)15-4-5-17-22-16(14-2-3-14)12-25(17)11-15/h4-5,10-14H,2-3,6-9H2,1H3. The van der Waals surface area contributed by atoms with E-state index in [1.807, 2.05) is 6.07 Å². The van der Waals surface area contributed by atoms with Crippen LogP contribution in [0, 0.1) is 0 Å². The maximum atomic E-state index is 5.20. The fourth-order valence-electron chi connectivity index (χ4n) is 3.57. The van der Waals surface area contributed by atoms with Crippen molar-refractivity contribution in [2.45, 2.75) is 18.8 Å². The van der Waals surface area contributed by atoms with Crippen molar-refractivity contribution in [3.8, 4) is 5.88 Å². The van der Waals surface area contributed by atoms with Crippen LogP contribution in [0.3, 0.4) is 0 Å². The Morgan fingerprint density at radius 3 is 2.58 bits per heavy atom. The quantitative estimate of drug-likeness (QED) is 0.720. The van der Waals surface area contributed by atoms with E-state index >= 15 is 0 Å². The number of anilines is 2. The smallest absolute Gasteiger partial charge is 0.218 e. The van der Waals surface area contributed by atoms with Crippen LogP contribution in [0.4, 0.5) is 11.5 Å². The molecule has 2 fully saturated rings. The Kier molecular flexibility index (Phi) is 3.65. The normalized spacial score (nSPS) is 17.7. The molecule has 0 N–H and O–H groups in total. The van der Waals surface area contributed by atoms with Gasteiger partial charge in [-0.2, -0.15) is 0 Å². The number of piperazine rings is 1. The minimum atomic E-state index is 0.606. The molecule has 3 aromatic rings. The first-order valence-electron chi connectivity index (χ1n) is 9.15. The molecule has 0 atom stereocenters. The largest absolute Gasteiger partial charge is 0.481 e. The number of nitrogens with zero attached hydrogens (tertiary/aromatic N) is 6. The van der Waals surface area contributed by atoms with E-state index in [9.17, 15) is 0 Å². The Morgan fingerprint density at radius 1 is 1.00 bits per heavy atom. The van der Waals surface area contributed by atoms with Gasteiger partial charge < -0.3 is 18.9 Å². The fraction of sp³-hybridized carbons (Fsp3) is 0.421. The van der Waals surface area contributed by atoms with Crippen molar-refractivity contribution in [2.75, 3.05) is 43.1 Å².